The summed E-state index contributed by atoms with van der Waals surface area (Å²) in [6.45, 7) is 8.08. The highest BCUT2D eigenvalue weighted by atomic mass is 15.4. The molecule has 1 aliphatic rings. The van der Waals surface area contributed by atoms with Crippen molar-refractivity contribution in [1.29, 1.82) is 0 Å². The largest absolute Gasteiger partial charge is 0.268 e. The molecular formula is C8H18N2. The monoisotopic (exact) mass is 142 g/mol. The molecule has 0 radical (unpaired) electrons. The van der Waals surface area contributed by atoms with E-state index in [1.807, 2.05) is 18.9 Å². The van der Waals surface area contributed by atoms with Crippen LogP contribution in [0, 0.1) is 0 Å². The normalized spacial score (nSPS) is 19.0. The summed E-state index contributed by atoms with van der Waals surface area (Å²) >= 11 is 0. The van der Waals surface area contributed by atoms with Crippen LogP contribution in [0.25, 0.3) is 0 Å². The van der Waals surface area contributed by atoms with Crippen molar-refractivity contribution in [2.75, 3.05) is 13.1 Å². The van der Waals surface area contributed by atoms with Gasteiger partial charge in [-0.3, -0.25) is 5.84 Å². The fourth-order valence-corrected chi connectivity index (χ4v) is 0.786. The van der Waals surface area contributed by atoms with E-state index in [1.165, 1.54) is 5.57 Å². The van der Waals surface area contributed by atoms with Crippen LogP contribution in [0.2, 0.25) is 0 Å². The number of nitrogens with two attached hydrogens (primary N) is 1. The third kappa shape index (κ3) is 3.64. The van der Waals surface area contributed by atoms with Crippen LogP contribution in [0.5, 0.6) is 0 Å². The molecular weight excluding hydrogens is 124 g/mol. The van der Waals surface area contributed by atoms with Crippen molar-refractivity contribution in [3.8, 4) is 0 Å². The Morgan fingerprint density at radius 3 is 2.40 bits per heavy atom. The van der Waals surface area contributed by atoms with Gasteiger partial charge in [-0.25, -0.2) is 5.01 Å². The van der Waals surface area contributed by atoms with Gasteiger partial charge in [-0.15, -0.1) is 0 Å². The van der Waals surface area contributed by atoms with Crippen LogP contribution in [0.15, 0.2) is 11.6 Å². The number of rotatable bonds is 0. The molecule has 1 aliphatic heterocycles. The fourth-order valence-electron chi connectivity index (χ4n) is 0.786. The second-order valence-corrected chi connectivity index (χ2v) is 2.30. The topological polar surface area (TPSA) is 29.3 Å². The van der Waals surface area contributed by atoms with E-state index in [1.54, 1.807) is 0 Å². The molecule has 10 heavy (non-hydrogen) atoms. The molecule has 0 unspecified atom stereocenters. The van der Waals surface area contributed by atoms with E-state index in [0.29, 0.717) is 0 Å². The lowest BCUT2D eigenvalue weighted by molar-refractivity contribution is 0.305. The zero-order chi connectivity index (χ0) is 7.98. The highest BCUT2D eigenvalue weighted by Gasteiger charge is 2.02. The first-order valence-electron chi connectivity index (χ1n) is 3.94. The molecule has 1 heterocycles. The lowest BCUT2D eigenvalue weighted by atomic mass is 10.1. The first kappa shape index (κ1) is 9.66. The van der Waals surface area contributed by atoms with Gasteiger partial charge >= 0.3 is 0 Å². The van der Waals surface area contributed by atoms with Crippen molar-refractivity contribution in [1.82, 2.24) is 5.01 Å². The van der Waals surface area contributed by atoms with Gasteiger partial charge in [0.05, 0.1) is 0 Å². The zero-order valence-electron chi connectivity index (χ0n) is 7.22. The minimum absolute atomic E-state index is 0.922. The molecule has 1 rings (SSSR count). The van der Waals surface area contributed by atoms with Crippen LogP contribution in [0.4, 0.5) is 0 Å². The van der Waals surface area contributed by atoms with Crippen LogP contribution in [0.3, 0.4) is 0 Å². The molecule has 0 atom stereocenters. The maximum atomic E-state index is 5.49. The fraction of sp³-hybridized carbons (Fsp3) is 0.750. The van der Waals surface area contributed by atoms with Crippen molar-refractivity contribution >= 4 is 0 Å². The molecule has 0 aliphatic carbocycles. The first-order chi connectivity index (χ1) is 4.79. The molecule has 0 fully saturated rings. The summed E-state index contributed by atoms with van der Waals surface area (Å²) in [6.07, 6.45) is 3.31. The maximum Gasteiger partial charge on any atom is 0.0311 e. The van der Waals surface area contributed by atoms with Crippen LogP contribution in [0.1, 0.15) is 27.2 Å². The smallest absolute Gasteiger partial charge is 0.0311 e. The van der Waals surface area contributed by atoms with E-state index < -0.39 is 0 Å². The molecule has 2 heteroatoms. The van der Waals surface area contributed by atoms with Crippen molar-refractivity contribution in [2.24, 2.45) is 5.84 Å². The third-order valence-corrected chi connectivity index (χ3v) is 1.47. The molecule has 0 aromatic carbocycles. The van der Waals surface area contributed by atoms with Gasteiger partial charge in [0.2, 0.25) is 0 Å². The molecule has 60 valence electrons. The van der Waals surface area contributed by atoms with Gasteiger partial charge < -0.3 is 0 Å². The Morgan fingerprint density at radius 1 is 1.50 bits per heavy atom. The lowest BCUT2D eigenvalue weighted by Gasteiger charge is -2.18. The molecule has 2 nitrogen and oxygen atoms in total. The van der Waals surface area contributed by atoms with Crippen LogP contribution in [-0.2, 0) is 0 Å². The van der Waals surface area contributed by atoms with E-state index in [4.69, 9.17) is 5.84 Å². The van der Waals surface area contributed by atoms with Crippen molar-refractivity contribution in [2.45, 2.75) is 27.2 Å². The molecule has 0 bridgehead atoms. The summed E-state index contributed by atoms with van der Waals surface area (Å²) in [5.41, 5.74) is 1.46. The van der Waals surface area contributed by atoms with E-state index in [9.17, 15) is 0 Å². The highest BCUT2D eigenvalue weighted by molar-refractivity contribution is 5.02. The second-order valence-electron chi connectivity index (χ2n) is 2.30. The van der Waals surface area contributed by atoms with Gasteiger partial charge in [0, 0.05) is 13.1 Å². The second kappa shape index (κ2) is 5.45. The Kier molecular flexibility index (Phi) is 5.26. The van der Waals surface area contributed by atoms with Crippen molar-refractivity contribution in [3.63, 3.8) is 0 Å². The summed E-state index contributed by atoms with van der Waals surface area (Å²) in [5, 5.41) is 1.83. The van der Waals surface area contributed by atoms with Crippen LogP contribution < -0.4 is 5.84 Å². The predicted octanol–water partition coefficient (Wildman–Crippen LogP) is 1.54. The third-order valence-electron chi connectivity index (χ3n) is 1.47. The quantitative estimate of drug-likeness (QED) is 0.410. The number of hydrazine groups is 1. The van der Waals surface area contributed by atoms with Gasteiger partial charge in [-0.2, -0.15) is 0 Å². The summed E-state index contributed by atoms with van der Waals surface area (Å²) in [5.74, 6) is 5.49. The summed E-state index contributed by atoms with van der Waals surface area (Å²) in [6, 6.07) is 0. The van der Waals surface area contributed by atoms with Crippen LogP contribution >= 0.6 is 0 Å². The SMILES string of the molecule is CC.CC1=CCN(N)CC1. The molecule has 0 aromatic heterocycles. The first-order valence-corrected chi connectivity index (χ1v) is 3.94. The molecule has 0 saturated heterocycles. The van der Waals surface area contributed by atoms with Gasteiger partial charge in [-0.1, -0.05) is 25.5 Å². The predicted molar refractivity (Wildman–Crippen MR) is 45.5 cm³/mol. The maximum absolute atomic E-state index is 5.49. The van der Waals surface area contributed by atoms with E-state index in [2.05, 4.69) is 13.0 Å². The van der Waals surface area contributed by atoms with Crippen molar-refractivity contribution in [3.05, 3.63) is 11.6 Å². The minimum atomic E-state index is 0.922. The lowest BCUT2D eigenvalue weighted by Crippen LogP contribution is -2.34. The Bertz CT molecular complexity index is 108. The average molecular weight is 142 g/mol. The van der Waals surface area contributed by atoms with Gasteiger partial charge in [0.1, 0.15) is 0 Å². The summed E-state index contributed by atoms with van der Waals surface area (Å²) in [7, 11) is 0. The van der Waals surface area contributed by atoms with Gasteiger partial charge in [-0.05, 0) is 13.3 Å². The minimum Gasteiger partial charge on any atom is -0.268 e. The Morgan fingerprint density at radius 2 is 2.10 bits per heavy atom. The molecule has 0 saturated carbocycles. The van der Waals surface area contributed by atoms with E-state index >= 15 is 0 Å². The number of nitrogens with zero attached hydrogens (tertiary/aromatic N) is 1. The Hall–Kier alpha value is -0.340. The number of hydrogen-bond donors (Lipinski definition) is 1. The van der Waals surface area contributed by atoms with E-state index in [-0.39, 0.29) is 0 Å². The standard InChI is InChI=1S/C6H12N2.C2H6/c1-6-2-4-8(7)5-3-6;1-2/h2H,3-5,7H2,1H3;1-2H3. The average Bonchev–Trinajstić information content (AvgIpc) is 2.00. The highest BCUT2D eigenvalue weighted by Crippen LogP contribution is 2.04. The van der Waals surface area contributed by atoms with Crippen LogP contribution in [-0.4, -0.2) is 18.1 Å². The van der Waals surface area contributed by atoms with Crippen molar-refractivity contribution < 1.29 is 0 Å². The van der Waals surface area contributed by atoms with Gasteiger partial charge in [0.25, 0.3) is 0 Å². The molecule has 0 aromatic rings. The Balaban J connectivity index is 0.000000371. The van der Waals surface area contributed by atoms with Gasteiger partial charge in [0.15, 0.2) is 0 Å². The summed E-state index contributed by atoms with van der Waals surface area (Å²) < 4.78 is 0. The number of hydrogen-bond acceptors (Lipinski definition) is 2. The molecule has 2 N–H and O–H groups in total. The molecule has 0 spiro atoms. The summed E-state index contributed by atoms with van der Waals surface area (Å²) in [4.78, 5) is 0. The zero-order valence-corrected chi connectivity index (χ0v) is 7.22. The van der Waals surface area contributed by atoms with E-state index in [0.717, 1.165) is 19.5 Å². The Labute approximate surface area is 63.7 Å². The molecule has 0 amide bonds.